The molecule has 1 fully saturated rings. The summed E-state index contributed by atoms with van der Waals surface area (Å²) in [5.41, 5.74) is 2.94. The predicted molar refractivity (Wildman–Crippen MR) is 102 cm³/mol. The zero-order valence-electron chi connectivity index (χ0n) is 16.4. The summed E-state index contributed by atoms with van der Waals surface area (Å²) < 4.78 is 7.82. The van der Waals surface area contributed by atoms with Gasteiger partial charge in [0.15, 0.2) is 0 Å². The van der Waals surface area contributed by atoms with E-state index in [2.05, 4.69) is 42.9 Å². The summed E-state index contributed by atoms with van der Waals surface area (Å²) in [6.45, 7) is 12.4. The third-order valence-electron chi connectivity index (χ3n) is 4.91. The molecule has 2 aromatic heterocycles. The van der Waals surface area contributed by atoms with Crippen LogP contribution in [0, 0.1) is 12.8 Å². The number of carbonyl (C=O) groups excluding carboxylic acids is 1. The number of ether oxygens (including phenoxy) is 1. The molecule has 0 aromatic carbocycles. The van der Waals surface area contributed by atoms with Crippen molar-refractivity contribution in [1.29, 1.82) is 0 Å². The number of hydrogen-bond acceptors (Lipinski definition) is 4. The highest BCUT2D eigenvalue weighted by Crippen LogP contribution is 2.19. The molecular weight excluding hydrogens is 328 g/mol. The molecule has 1 N–H and O–H groups in total. The molecule has 1 saturated heterocycles. The Bertz CT molecular complexity index is 760. The number of nitrogens with one attached hydrogen (secondary N) is 1. The number of aryl methyl sites for hydroxylation is 1. The molecule has 0 saturated carbocycles. The Morgan fingerprint density at radius 3 is 2.65 bits per heavy atom. The van der Waals surface area contributed by atoms with Gasteiger partial charge in [-0.1, -0.05) is 19.9 Å². The van der Waals surface area contributed by atoms with Crippen LogP contribution >= 0.6 is 0 Å². The number of imidazole rings is 1. The zero-order valence-corrected chi connectivity index (χ0v) is 16.4. The van der Waals surface area contributed by atoms with Crippen LogP contribution in [0.15, 0.2) is 24.5 Å². The first-order valence-electron chi connectivity index (χ1n) is 9.45. The number of carbonyl (C=O) groups is 1. The van der Waals surface area contributed by atoms with Crippen LogP contribution < -0.4 is 5.32 Å². The Kier molecular flexibility index (Phi) is 5.63. The molecule has 1 aliphatic rings. The van der Waals surface area contributed by atoms with Gasteiger partial charge in [0.2, 0.25) is 5.91 Å². The molecule has 0 aliphatic carbocycles. The lowest BCUT2D eigenvalue weighted by Crippen LogP contribution is -2.56. The van der Waals surface area contributed by atoms with E-state index in [9.17, 15) is 4.79 Å². The van der Waals surface area contributed by atoms with Gasteiger partial charge in [0.1, 0.15) is 5.65 Å². The second-order valence-electron chi connectivity index (χ2n) is 7.77. The van der Waals surface area contributed by atoms with Crippen LogP contribution in [0.5, 0.6) is 0 Å². The summed E-state index contributed by atoms with van der Waals surface area (Å²) in [5, 5.41) is 3.09. The molecular formula is C20H30N4O2. The van der Waals surface area contributed by atoms with Gasteiger partial charge >= 0.3 is 0 Å². The number of aromatic nitrogens is 2. The van der Waals surface area contributed by atoms with Gasteiger partial charge < -0.3 is 14.5 Å². The van der Waals surface area contributed by atoms with Crippen molar-refractivity contribution < 1.29 is 9.53 Å². The molecule has 26 heavy (non-hydrogen) atoms. The molecule has 1 aliphatic heterocycles. The van der Waals surface area contributed by atoms with Gasteiger partial charge in [0, 0.05) is 25.5 Å². The predicted octanol–water partition coefficient (Wildman–Crippen LogP) is 2.39. The molecule has 6 nitrogen and oxygen atoms in total. The maximum Gasteiger partial charge on any atom is 0.237 e. The topological polar surface area (TPSA) is 58.9 Å². The number of morpholine rings is 1. The molecule has 0 radical (unpaired) electrons. The summed E-state index contributed by atoms with van der Waals surface area (Å²) >= 11 is 0. The first kappa shape index (κ1) is 18.9. The van der Waals surface area contributed by atoms with Crippen molar-refractivity contribution in [2.75, 3.05) is 13.1 Å². The first-order valence-corrected chi connectivity index (χ1v) is 9.45. The summed E-state index contributed by atoms with van der Waals surface area (Å²) in [6, 6.07) is 3.89. The van der Waals surface area contributed by atoms with Crippen molar-refractivity contribution in [2.45, 2.75) is 59.4 Å². The van der Waals surface area contributed by atoms with Crippen LogP contribution in [0.3, 0.4) is 0 Å². The van der Waals surface area contributed by atoms with Crippen LogP contribution in [-0.2, 0) is 16.1 Å². The maximum atomic E-state index is 12.9. The minimum absolute atomic E-state index is 0.0649. The van der Waals surface area contributed by atoms with Crippen molar-refractivity contribution in [3.8, 4) is 0 Å². The lowest BCUT2D eigenvalue weighted by atomic mass is 9.99. The first-order chi connectivity index (χ1) is 12.3. The van der Waals surface area contributed by atoms with Crippen LogP contribution in [0.4, 0.5) is 0 Å². The van der Waals surface area contributed by atoms with E-state index in [1.165, 1.54) is 0 Å². The largest absolute Gasteiger partial charge is 0.373 e. The number of rotatable bonds is 5. The van der Waals surface area contributed by atoms with Gasteiger partial charge in [-0.15, -0.1) is 0 Å². The Hall–Kier alpha value is -1.92. The molecule has 3 rings (SSSR count). The molecule has 1 amide bonds. The summed E-state index contributed by atoms with van der Waals surface area (Å²) in [6.07, 6.45) is 4.25. The summed E-state index contributed by atoms with van der Waals surface area (Å²) in [4.78, 5) is 19.8. The SMILES string of the molecule is Cc1cccn2cc(CNC(=O)C(C(C)C)N3CC(C)OC(C)C3)nc12. The molecule has 3 heterocycles. The zero-order chi connectivity index (χ0) is 18.8. The Balaban J connectivity index is 1.68. The van der Waals surface area contributed by atoms with Gasteiger partial charge in [0.25, 0.3) is 0 Å². The molecule has 2 aromatic rings. The lowest BCUT2D eigenvalue weighted by molar-refractivity contribution is -0.135. The fraction of sp³-hybridized carbons (Fsp3) is 0.600. The Morgan fingerprint density at radius 2 is 2.04 bits per heavy atom. The molecule has 3 atom stereocenters. The van der Waals surface area contributed by atoms with E-state index in [1.807, 2.05) is 35.9 Å². The average molecular weight is 358 g/mol. The number of hydrogen-bond donors (Lipinski definition) is 1. The van der Waals surface area contributed by atoms with Gasteiger partial charge in [-0.2, -0.15) is 0 Å². The minimum Gasteiger partial charge on any atom is -0.373 e. The van der Waals surface area contributed by atoms with Crippen molar-refractivity contribution >= 4 is 11.6 Å². The highest BCUT2D eigenvalue weighted by molar-refractivity contribution is 5.82. The van der Waals surface area contributed by atoms with Gasteiger partial charge in [-0.05, 0) is 38.3 Å². The quantitative estimate of drug-likeness (QED) is 0.892. The maximum absolute atomic E-state index is 12.9. The normalized spacial score (nSPS) is 22.7. The third-order valence-corrected chi connectivity index (χ3v) is 4.91. The number of nitrogens with zero attached hydrogens (tertiary/aromatic N) is 3. The summed E-state index contributed by atoms with van der Waals surface area (Å²) in [5.74, 6) is 0.297. The Labute approximate surface area is 155 Å². The molecule has 0 bridgehead atoms. The molecule has 6 heteroatoms. The second kappa shape index (κ2) is 7.76. The lowest BCUT2D eigenvalue weighted by Gasteiger charge is -2.41. The van der Waals surface area contributed by atoms with Crippen molar-refractivity contribution in [2.24, 2.45) is 5.92 Å². The highest BCUT2D eigenvalue weighted by Gasteiger charge is 2.34. The van der Waals surface area contributed by atoms with E-state index < -0.39 is 0 Å². The Morgan fingerprint density at radius 1 is 1.35 bits per heavy atom. The molecule has 0 spiro atoms. The number of pyridine rings is 1. The fourth-order valence-corrected chi connectivity index (χ4v) is 3.91. The monoisotopic (exact) mass is 358 g/mol. The number of fused-ring (bicyclic) bond motifs is 1. The van der Waals surface area contributed by atoms with Crippen LogP contribution in [0.1, 0.15) is 39.0 Å². The molecule has 142 valence electrons. The fourth-order valence-electron chi connectivity index (χ4n) is 3.91. The van der Waals surface area contributed by atoms with Gasteiger partial charge in [0.05, 0.1) is 30.5 Å². The van der Waals surface area contributed by atoms with E-state index in [4.69, 9.17) is 4.74 Å². The third kappa shape index (κ3) is 4.07. The molecule has 3 unspecified atom stereocenters. The average Bonchev–Trinajstić information content (AvgIpc) is 2.96. The van der Waals surface area contributed by atoms with Crippen molar-refractivity contribution in [3.05, 3.63) is 35.8 Å². The minimum atomic E-state index is -0.150. The van der Waals surface area contributed by atoms with Gasteiger partial charge in [-0.3, -0.25) is 9.69 Å². The van der Waals surface area contributed by atoms with E-state index >= 15 is 0 Å². The number of amides is 1. The second-order valence-corrected chi connectivity index (χ2v) is 7.77. The van der Waals surface area contributed by atoms with Crippen LogP contribution in [0.2, 0.25) is 0 Å². The van der Waals surface area contributed by atoms with Gasteiger partial charge in [-0.25, -0.2) is 4.98 Å². The van der Waals surface area contributed by atoms with Crippen molar-refractivity contribution in [1.82, 2.24) is 19.6 Å². The van der Waals surface area contributed by atoms with Crippen LogP contribution in [0.25, 0.3) is 5.65 Å². The van der Waals surface area contributed by atoms with E-state index in [1.54, 1.807) is 0 Å². The highest BCUT2D eigenvalue weighted by atomic mass is 16.5. The van der Waals surface area contributed by atoms with E-state index in [0.717, 1.165) is 30.0 Å². The smallest absolute Gasteiger partial charge is 0.237 e. The summed E-state index contributed by atoms with van der Waals surface area (Å²) in [7, 11) is 0. The van der Waals surface area contributed by atoms with Crippen molar-refractivity contribution in [3.63, 3.8) is 0 Å². The van der Waals surface area contributed by atoms with Crippen LogP contribution in [-0.4, -0.2) is 51.5 Å². The van der Waals surface area contributed by atoms with E-state index in [0.29, 0.717) is 6.54 Å². The van der Waals surface area contributed by atoms with E-state index in [-0.39, 0.29) is 30.1 Å². The standard InChI is InChI=1S/C20H30N4O2/c1-13(2)18(24-10-15(4)26-16(5)11-24)20(25)21-9-17-12-23-8-6-7-14(3)19(23)22-17/h6-8,12-13,15-16,18H,9-11H2,1-5H3,(H,21,25).